The summed E-state index contributed by atoms with van der Waals surface area (Å²) in [7, 11) is 0. The van der Waals surface area contributed by atoms with Crippen LogP contribution in [-0.4, -0.2) is 56.6 Å². The number of hydrogen-bond acceptors (Lipinski definition) is 5. The molecule has 5 nitrogen and oxygen atoms in total. The Morgan fingerprint density at radius 1 is 0.737 bits per heavy atom. The van der Waals surface area contributed by atoms with Crippen molar-refractivity contribution in [3.63, 3.8) is 0 Å². The van der Waals surface area contributed by atoms with Crippen molar-refractivity contribution in [2.75, 3.05) is 6.61 Å². The maximum absolute atomic E-state index is 10.1. The minimum atomic E-state index is -1.43. The first-order valence-corrected chi connectivity index (χ1v) is 6.43. The monoisotopic (exact) mass is 268 g/mol. The van der Waals surface area contributed by atoms with Crippen LogP contribution in [0.5, 0.6) is 0 Å². The molecule has 19 heavy (non-hydrogen) atoms. The van der Waals surface area contributed by atoms with E-state index < -0.39 is 36.3 Å². The van der Waals surface area contributed by atoms with Crippen molar-refractivity contribution in [3.05, 3.63) is 35.9 Å². The molecule has 0 unspecified atom stereocenters. The van der Waals surface area contributed by atoms with Gasteiger partial charge in [-0.05, 0) is 17.9 Å². The van der Waals surface area contributed by atoms with Gasteiger partial charge in [0.25, 0.3) is 0 Å². The quantitative estimate of drug-likeness (QED) is 0.479. The number of benzene rings is 1. The highest BCUT2D eigenvalue weighted by atomic mass is 16.4. The smallest absolute Gasteiger partial charge is 0.109 e. The van der Waals surface area contributed by atoms with Gasteiger partial charge < -0.3 is 25.5 Å². The first-order valence-electron chi connectivity index (χ1n) is 6.43. The van der Waals surface area contributed by atoms with E-state index in [1.54, 1.807) is 0 Å². The zero-order valence-electron chi connectivity index (χ0n) is 10.5. The van der Waals surface area contributed by atoms with Crippen LogP contribution in [-0.2, 0) is 6.42 Å². The molecule has 0 saturated heterocycles. The second-order valence-electron chi connectivity index (χ2n) is 5.16. The van der Waals surface area contributed by atoms with Crippen molar-refractivity contribution in [3.8, 4) is 0 Å². The Morgan fingerprint density at radius 3 is 1.79 bits per heavy atom. The van der Waals surface area contributed by atoms with E-state index in [1.807, 2.05) is 30.3 Å². The predicted octanol–water partition coefficient (Wildman–Crippen LogP) is -1.09. The minimum absolute atomic E-state index is 0.348. The Bertz CT molecular complexity index is 396. The lowest BCUT2D eigenvalue weighted by molar-refractivity contribution is -0.189. The average molecular weight is 268 g/mol. The molecule has 6 atom stereocenters. The number of hydrogen-bond donors (Lipinski definition) is 5. The van der Waals surface area contributed by atoms with E-state index in [9.17, 15) is 25.5 Å². The van der Waals surface area contributed by atoms with E-state index in [0.29, 0.717) is 6.42 Å². The van der Waals surface area contributed by atoms with E-state index >= 15 is 0 Å². The summed E-state index contributed by atoms with van der Waals surface area (Å²) in [6.45, 7) is -0.348. The second-order valence-corrected chi connectivity index (χ2v) is 5.16. The van der Waals surface area contributed by atoms with Crippen molar-refractivity contribution < 1.29 is 25.5 Å². The van der Waals surface area contributed by atoms with Crippen LogP contribution < -0.4 is 0 Å². The van der Waals surface area contributed by atoms with Crippen LogP contribution >= 0.6 is 0 Å². The summed E-state index contributed by atoms with van der Waals surface area (Å²) in [4.78, 5) is 0. The fourth-order valence-corrected chi connectivity index (χ4v) is 2.82. The summed E-state index contributed by atoms with van der Waals surface area (Å²) in [5.41, 5.74) is 0.945. The van der Waals surface area contributed by atoms with E-state index in [-0.39, 0.29) is 6.61 Å². The van der Waals surface area contributed by atoms with Crippen LogP contribution in [0.4, 0.5) is 0 Å². The zero-order chi connectivity index (χ0) is 14.0. The highest BCUT2D eigenvalue weighted by Crippen LogP contribution is 2.33. The van der Waals surface area contributed by atoms with Crippen LogP contribution in [0.25, 0.3) is 0 Å². The molecule has 1 saturated carbocycles. The van der Waals surface area contributed by atoms with Crippen molar-refractivity contribution in [1.29, 1.82) is 0 Å². The van der Waals surface area contributed by atoms with Gasteiger partial charge in [0, 0.05) is 12.5 Å². The van der Waals surface area contributed by atoms with Gasteiger partial charge in [-0.25, -0.2) is 0 Å². The molecule has 1 aromatic carbocycles. The summed E-state index contributed by atoms with van der Waals surface area (Å²) in [5, 5.41) is 48.7. The van der Waals surface area contributed by atoms with E-state index in [4.69, 9.17) is 0 Å². The molecule has 0 aliphatic heterocycles. The zero-order valence-corrected chi connectivity index (χ0v) is 10.5. The summed E-state index contributed by atoms with van der Waals surface area (Å²) >= 11 is 0. The fraction of sp³-hybridized carbons (Fsp3) is 0.571. The van der Waals surface area contributed by atoms with E-state index in [1.165, 1.54) is 0 Å². The highest BCUT2D eigenvalue weighted by molar-refractivity contribution is 5.16. The van der Waals surface area contributed by atoms with Gasteiger partial charge in [-0.3, -0.25) is 0 Å². The van der Waals surface area contributed by atoms with Crippen molar-refractivity contribution in [2.45, 2.75) is 30.8 Å². The molecule has 1 aliphatic rings. The topological polar surface area (TPSA) is 101 Å². The number of rotatable bonds is 3. The average Bonchev–Trinajstić information content (AvgIpc) is 2.44. The highest BCUT2D eigenvalue weighted by Gasteiger charge is 2.48. The Hall–Kier alpha value is -0.980. The molecule has 1 aliphatic carbocycles. The Morgan fingerprint density at radius 2 is 1.26 bits per heavy atom. The molecule has 2 rings (SSSR count). The summed E-state index contributed by atoms with van der Waals surface area (Å²) < 4.78 is 0. The van der Waals surface area contributed by atoms with Gasteiger partial charge in [0.1, 0.15) is 12.2 Å². The fourth-order valence-electron chi connectivity index (χ4n) is 2.82. The third-order valence-corrected chi connectivity index (χ3v) is 4.00. The molecule has 1 fully saturated rings. The second kappa shape index (κ2) is 5.98. The lowest BCUT2D eigenvalue weighted by Gasteiger charge is -2.43. The lowest BCUT2D eigenvalue weighted by atomic mass is 9.70. The molecule has 0 aromatic heterocycles. The molecule has 0 spiro atoms. The molecule has 5 heteroatoms. The van der Waals surface area contributed by atoms with Crippen LogP contribution in [0.2, 0.25) is 0 Å². The Balaban J connectivity index is 2.20. The molecule has 106 valence electrons. The van der Waals surface area contributed by atoms with Crippen LogP contribution in [0.15, 0.2) is 30.3 Å². The molecule has 1 aromatic rings. The van der Waals surface area contributed by atoms with E-state index in [2.05, 4.69) is 0 Å². The maximum atomic E-state index is 10.1. The van der Waals surface area contributed by atoms with Gasteiger partial charge in [-0.2, -0.15) is 0 Å². The summed E-state index contributed by atoms with van der Waals surface area (Å²) in [5.74, 6) is -1.16. The van der Waals surface area contributed by atoms with Gasteiger partial charge in [-0.15, -0.1) is 0 Å². The molecular formula is C14H20O5. The molecule has 0 heterocycles. The normalized spacial score (nSPS) is 39.2. The third kappa shape index (κ3) is 2.80. The van der Waals surface area contributed by atoms with Gasteiger partial charge in [-0.1, -0.05) is 30.3 Å². The molecule has 5 N–H and O–H groups in total. The Labute approximate surface area is 111 Å². The first-order chi connectivity index (χ1) is 9.06. The molecule has 0 bridgehead atoms. The third-order valence-electron chi connectivity index (χ3n) is 4.00. The van der Waals surface area contributed by atoms with Crippen LogP contribution in [0.1, 0.15) is 5.56 Å². The van der Waals surface area contributed by atoms with Crippen LogP contribution in [0.3, 0.4) is 0 Å². The minimum Gasteiger partial charge on any atom is -0.396 e. The number of aliphatic hydroxyl groups is 5. The van der Waals surface area contributed by atoms with Crippen molar-refractivity contribution in [1.82, 2.24) is 0 Å². The van der Waals surface area contributed by atoms with Crippen molar-refractivity contribution in [2.24, 2.45) is 11.8 Å². The lowest BCUT2D eigenvalue weighted by Crippen LogP contribution is -2.59. The molecular weight excluding hydrogens is 248 g/mol. The molecule has 0 amide bonds. The maximum Gasteiger partial charge on any atom is 0.109 e. The van der Waals surface area contributed by atoms with Gasteiger partial charge >= 0.3 is 0 Å². The standard InChI is InChI=1S/C14H20O5/c15-7-10-9(6-8-4-2-1-3-5-8)11(16)13(18)14(19)12(10)17/h1-5,9-19H,6-7H2/t9-,10-,11-,12+,13-,14+/m0/s1. The molecule has 0 radical (unpaired) electrons. The SMILES string of the molecule is OC[C@@H]1[C@@H](O)[C@@H](O)[C@@H](O)[C@@H](O)[C@H]1Cc1ccccc1. The largest absolute Gasteiger partial charge is 0.396 e. The van der Waals surface area contributed by atoms with Crippen molar-refractivity contribution >= 4 is 0 Å². The van der Waals surface area contributed by atoms with Gasteiger partial charge in [0.2, 0.25) is 0 Å². The summed E-state index contributed by atoms with van der Waals surface area (Å²) in [6.07, 6.45) is -4.81. The van der Waals surface area contributed by atoms with Crippen LogP contribution in [0, 0.1) is 11.8 Å². The van der Waals surface area contributed by atoms with E-state index in [0.717, 1.165) is 5.56 Å². The predicted molar refractivity (Wildman–Crippen MR) is 68.2 cm³/mol. The van der Waals surface area contributed by atoms with Gasteiger partial charge in [0.05, 0.1) is 12.2 Å². The first kappa shape index (κ1) is 14.4. The Kier molecular flexibility index (Phi) is 4.54. The summed E-state index contributed by atoms with van der Waals surface area (Å²) in [6, 6.07) is 9.36. The number of aliphatic hydroxyl groups excluding tert-OH is 5. The van der Waals surface area contributed by atoms with Gasteiger partial charge in [0.15, 0.2) is 0 Å².